The van der Waals surface area contributed by atoms with E-state index < -0.39 is 0 Å². The molecule has 2 aliphatic rings. The number of aromatic nitrogens is 5. The molecule has 0 radical (unpaired) electrons. The molecule has 0 saturated heterocycles. The van der Waals surface area contributed by atoms with Gasteiger partial charge in [0.2, 0.25) is 0 Å². The molecule has 0 fully saturated rings. The number of rotatable bonds is 5. The molecule has 2 N–H and O–H groups in total. The fraction of sp³-hybridized carbons (Fsp3) is 0. The van der Waals surface area contributed by atoms with Crippen molar-refractivity contribution in [2.45, 2.75) is 0 Å². The predicted octanol–water partition coefficient (Wildman–Crippen LogP) is 7.52. The Balaban J connectivity index is 0.000000207. The van der Waals surface area contributed by atoms with Crippen LogP contribution < -0.4 is 0 Å². The molecular weight excluding hydrogens is 639 g/mol. The van der Waals surface area contributed by atoms with E-state index in [1.54, 1.807) is 60.1 Å². The molecule has 2 aliphatic heterocycles. The number of nitrogens with zero attached hydrogens (tertiary/aromatic N) is 6. The van der Waals surface area contributed by atoms with Crippen LogP contribution in [0.15, 0.2) is 173 Å². The maximum absolute atomic E-state index is 7.53. The van der Waals surface area contributed by atoms with Crippen LogP contribution in [0.3, 0.4) is 0 Å². The van der Waals surface area contributed by atoms with Crippen LogP contribution in [0.5, 0.6) is 0 Å². The number of nitrogens with one attached hydrogen (secondary N) is 2. The first-order valence-corrected chi connectivity index (χ1v) is 14.9. The summed E-state index contributed by atoms with van der Waals surface area (Å²) in [6.07, 6.45) is 31.8. The van der Waals surface area contributed by atoms with Gasteiger partial charge in [0.15, 0.2) is 0 Å². The van der Waals surface area contributed by atoms with E-state index in [9.17, 15) is 0 Å². The minimum absolute atomic E-state index is 0.255. The van der Waals surface area contributed by atoms with Gasteiger partial charge in [-0.2, -0.15) is 72.8 Å². The molecule has 0 atom stereocenters. The summed E-state index contributed by atoms with van der Waals surface area (Å²) in [6, 6.07) is 25.8. The quantitative estimate of drug-likeness (QED) is 0.118. The molecule has 0 saturated carbocycles. The Morgan fingerprint density at radius 2 is 1.08 bits per heavy atom. The Bertz CT molecular complexity index is 1610. The van der Waals surface area contributed by atoms with Gasteiger partial charge in [0.1, 0.15) is 0 Å². The van der Waals surface area contributed by atoms with Gasteiger partial charge >= 0.3 is 118 Å². The normalized spacial score (nSPS) is 14.0. The van der Waals surface area contributed by atoms with Gasteiger partial charge in [0, 0.05) is 0 Å². The van der Waals surface area contributed by atoms with Crippen LogP contribution in [0, 0.1) is 31.4 Å². The number of aromatic amines is 1. The minimum Gasteiger partial charge on any atom is -0.394 e. The summed E-state index contributed by atoms with van der Waals surface area (Å²) in [6.45, 7) is 5.30. The first-order valence-electron chi connectivity index (χ1n) is 14.3. The van der Waals surface area contributed by atoms with Gasteiger partial charge in [-0.05, 0) is 0 Å². The summed E-state index contributed by atoms with van der Waals surface area (Å²) < 4.78 is 0. The van der Waals surface area contributed by atoms with Crippen molar-refractivity contribution in [3.05, 3.63) is 212 Å². The van der Waals surface area contributed by atoms with Crippen molar-refractivity contribution in [1.82, 2.24) is 24.9 Å². The van der Waals surface area contributed by atoms with Crippen molar-refractivity contribution in [2.75, 3.05) is 0 Å². The van der Waals surface area contributed by atoms with Crippen LogP contribution in [0.2, 0.25) is 0 Å². The van der Waals surface area contributed by atoms with Crippen molar-refractivity contribution >= 4 is 28.6 Å². The zero-order valence-corrected chi connectivity index (χ0v) is 26.7. The van der Waals surface area contributed by atoms with Crippen LogP contribution >= 0.6 is 0 Å². The minimum atomic E-state index is 0.255. The first kappa shape index (κ1) is 36.3. The fourth-order valence-electron chi connectivity index (χ4n) is 3.31. The largest absolute Gasteiger partial charge is 0.394 e. The van der Waals surface area contributed by atoms with Crippen LogP contribution in [0.1, 0.15) is 11.4 Å². The van der Waals surface area contributed by atoms with Gasteiger partial charge in [-0.25, -0.2) is 0 Å². The fourth-order valence-corrected chi connectivity index (χ4v) is 3.47. The van der Waals surface area contributed by atoms with Crippen LogP contribution in [0.25, 0.3) is 17.9 Å². The SMILES string of the molecule is [CH-]=CC([NH-])=Cc1ccc(C=C2C=CC(C=C3C=CC([CH]=[Ni])=N3)=N2)[nH]1.[c-]1ccccn1.[c-]1ccccn1.[c-]1ccccn1.[c-]1ccccn1. The van der Waals surface area contributed by atoms with Gasteiger partial charge in [0.05, 0.1) is 0 Å². The third-order valence-electron chi connectivity index (χ3n) is 5.35. The predicted molar refractivity (Wildman–Crippen MR) is 190 cm³/mol. The van der Waals surface area contributed by atoms with Crippen molar-refractivity contribution in [2.24, 2.45) is 9.98 Å². The molecule has 5 aromatic heterocycles. The second-order valence-electron chi connectivity index (χ2n) is 8.94. The molecule has 242 valence electrons. The van der Waals surface area contributed by atoms with Gasteiger partial charge in [-0.15, -0.1) is 6.08 Å². The van der Waals surface area contributed by atoms with Crippen molar-refractivity contribution < 1.29 is 15.0 Å². The molecule has 48 heavy (non-hydrogen) atoms. The monoisotopic (exact) mass is 668 g/mol. The smallest absolute Gasteiger partial charge is 0.0813 e. The second-order valence-corrected chi connectivity index (χ2v) is 9.23. The van der Waals surface area contributed by atoms with Gasteiger partial charge in [-0.3, -0.25) is 12.7 Å². The molecule has 0 aromatic carbocycles. The van der Waals surface area contributed by atoms with Crippen LogP contribution in [-0.4, -0.2) is 41.3 Å². The van der Waals surface area contributed by atoms with E-state index in [0.717, 1.165) is 34.2 Å². The van der Waals surface area contributed by atoms with E-state index in [1.165, 1.54) is 6.08 Å². The van der Waals surface area contributed by atoms with Crippen molar-refractivity contribution in [1.29, 1.82) is 0 Å². The molecule has 0 bridgehead atoms. The first-order chi connectivity index (χ1) is 23.7. The summed E-state index contributed by atoms with van der Waals surface area (Å²) in [7, 11) is 0. The number of H-pyrrole nitrogens is 1. The molecule has 8 nitrogen and oxygen atoms in total. The zero-order chi connectivity index (χ0) is 33.9. The number of hydrogen-bond acceptors (Lipinski definition) is 6. The zero-order valence-electron chi connectivity index (χ0n) is 25.7. The summed E-state index contributed by atoms with van der Waals surface area (Å²) in [4.78, 5) is 28.3. The number of hydrogen-bond donors (Lipinski definition) is 1. The van der Waals surface area contributed by atoms with E-state index in [0.29, 0.717) is 0 Å². The molecule has 7 rings (SSSR count). The molecule has 7 heterocycles. The van der Waals surface area contributed by atoms with Gasteiger partial charge in [0.25, 0.3) is 0 Å². The van der Waals surface area contributed by atoms with E-state index in [4.69, 9.17) is 12.3 Å². The van der Waals surface area contributed by atoms with Gasteiger partial charge < -0.3 is 31.4 Å². The maximum Gasteiger partial charge on any atom is -0.0813 e. The van der Waals surface area contributed by atoms with E-state index >= 15 is 0 Å². The van der Waals surface area contributed by atoms with E-state index in [-0.39, 0.29) is 5.70 Å². The third kappa shape index (κ3) is 16.2. The summed E-state index contributed by atoms with van der Waals surface area (Å²) in [5.74, 6) is 0. The Morgan fingerprint density at radius 1 is 0.625 bits per heavy atom. The van der Waals surface area contributed by atoms with E-state index in [1.807, 2.05) is 97.1 Å². The Morgan fingerprint density at radius 3 is 1.46 bits per heavy atom. The van der Waals surface area contributed by atoms with Crippen molar-refractivity contribution in [3.8, 4) is 0 Å². The molecule has 5 aromatic rings. The summed E-state index contributed by atoms with van der Waals surface area (Å²) in [5, 5.41) is 0. The third-order valence-corrected chi connectivity index (χ3v) is 5.64. The average molecular weight is 669 g/mol. The molecular formula is C39H30N8Ni-6. The molecule has 0 amide bonds. The Kier molecular flexibility index (Phi) is 17.5. The van der Waals surface area contributed by atoms with Crippen LogP contribution in [-0.2, 0) is 15.0 Å². The van der Waals surface area contributed by atoms with Gasteiger partial charge in [-0.1, -0.05) is 49.6 Å². The average Bonchev–Trinajstić information content (AvgIpc) is 3.94. The van der Waals surface area contributed by atoms with Crippen LogP contribution in [0.4, 0.5) is 0 Å². The Labute approximate surface area is 289 Å². The molecule has 0 unspecified atom stereocenters. The molecule has 0 aliphatic carbocycles. The Hall–Kier alpha value is -6.18. The number of aliphatic imine (C=N–C) groups is 2. The molecule has 0 spiro atoms. The van der Waals surface area contributed by atoms with E-state index in [2.05, 4.69) is 74.7 Å². The standard InChI is InChI=1S/C19H14N4.4C5H4N.Ni/c1-3-14(20)10-15-6-7-18(22-15)12-19-9-8-17(23-19)11-16-5-4-13(2)21-16;4*1-2-4-6-5-3-1;/h1-12,20,22H;4*1-4H;/q-2;4*-1;. The summed E-state index contributed by atoms with van der Waals surface area (Å²) >= 11 is 4.57. The summed E-state index contributed by atoms with van der Waals surface area (Å²) in [5.41, 5.74) is 12.9. The van der Waals surface area contributed by atoms with Crippen molar-refractivity contribution in [3.63, 3.8) is 0 Å². The molecule has 9 heteroatoms. The number of pyridine rings is 4. The maximum atomic E-state index is 7.53. The second kappa shape index (κ2) is 23.2. The topological polar surface area (TPSA) is 116 Å². The number of allylic oxidation sites excluding steroid dienone is 6.